The summed E-state index contributed by atoms with van der Waals surface area (Å²) in [5, 5.41) is 3.05. The molecule has 0 saturated heterocycles. The van der Waals surface area contributed by atoms with Crippen molar-refractivity contribution in [2.45, 2.75) is 6.92 Å². The fourth-order valence-corrected chi connectivity index (χ4v) is 1.20. The number of rotatable bonds is 5. The van der Waals surface area contributed by atoms with Gasteiger partial charge in [-0.1, -0.05) is 6.07 Å². The molecule has 4 nitrogen and oxygen atoms in total. The average Bonchev–Trinajstić information content (AvgIpc) is 2.26. The van der Waals surface area contributed by atoms with E-state index in [0.29, 0.717) is 13.2 Å². The van der Waals surface area contributed by atoms with Gasteiger partial charge in [-0.3, -0.25) is 4.79 Å². The minimum Gasteiger partial charge on any atom is -0.494 e. The molecule has 0 radical (unpaired) electrons. The van der Waals surface area contributed by atoms with Crippen LogP contribution in [0.2, 0.25) is 0 Å². The first-order valence-corrected chi connectivity index (χ1v) is 5.30. The molecule has 88 valence electrons. The summed E-state index contributed by atoms with van der Waals surface area (Å²) in [6.45, 7) is 2.87. The lowest BCUT2D eigenvalue weighted by atomic mass is 10.3. The van der Waals surface area contributed by atoms with Gasteiger partial charge in [0.2, 0.25) is 5.91 Å². The lowest BCUT2D eigenvalue weighted by Gasteiger charge is -2.12. The summed E-state index contributed by atoms with van der Waals surface area (Å²) in [7, 11) is 3.47. The Hall–Kier alpha value is -1.71. The molecule has 1 aromatic carbocycles. The Kier molecular flexibility index (Phi) is 4.64. The second-order valence-electron chi connectivity index (χ2n) is 3.60. The van der Waals surface area contributed by atoms with Gasteiger partial charge in [0.25, 0.3) is 0 Å². The van der Waals surface area contributed by atoms with Crippen LogP contribution < -0.4 is 10.1 Å². The SMILES string of the molecule is CCOc1cccc(NCC(=O)N(C)C)c1. The number of carbonyl (C=O) groups is 1. The molecule has 0 saturated carbocycles. The second-order valence-corrected chi connectivity index (χ2v) is 3.60. The van der Waals surface area contributed by atoms with Crippen LogP contribution in [0.1, 0.15) is 6.92 Å². The predicted molar refractivity (Wildman–Crippen MR) is 64.8 cm³/mol. The van der Waals surface area contributed by atoms with Gasteiger partial charge >= 0.3 is 0 Å². The van der Waals surface area contributed by atoms with Crippen molar-refractivity contribution in [3.8, 4) is 5.75 Å². The Morgan fingerprint density at radius 3 is 2.81 bits per heavy atom. The minimum absolute atomic E-state index is 0.0433. The number of ether oxygens (including phenoxy) is 1. The molecule has 0 unspecified atom stereocenters. The summed E-state index contributed by atoms with van der Waals surface area (Å²) in [4.78, 5) is 12.9. The molecule has 16 heavy (non-hydrogen) atoms. The molecule has 0 aliphatic rings. The number of anilines is 1. The van der Waals surface area contributed by atoms with Crippen LogP contribution in [0.25, 0.3) is 0 Å². The van der Waals surface area contributed by atoms with Crippen LogP contribution in [0, 0.1) is 0 Å². The van der Waals surface area contributed by atoms with Gasteiger partial charge in [0, 0.05) is 25.8 Å². The van der Waals surface area contributed by atoms with E-state index in [-0.39, 0.29) is 5.91 Å². The highest BCUT2D eigenvalue weighted by Crippen LogP contribution is 2.16. The smallest absolute Gasteiger partial charge is 0.241 e. The normalized spacial score (nSPS) is 9.69. The van der Waals surface area contributed by atoms with Crippen molar-refractivity contribution in [2.75, 3.05) is 32.6 Å². The number of nitrogens with zero attached hydrogens (tertiary/aromatic N) is 1. The third kappa shape index (κ3) is 3.81. The third-order valence-corrected chi connectivity index (χ3v) is 2.09. The van der Waals surface area contributed by atoms with E-state index in [1.54, 1.807) is 19.0 Å². The van der Waals surface area contributed by atoms with Crippen molar-refractivity contribution >= 4 is 11.6 Å². The van der Waals surface area contributed by atoms with Gasteiger partial charge < -0.3 is 15.0 Å². The van der Waals surface area contributed by atoms with E-state index in [9.17, 15) is 4.79 Å². The zero-order chi connectivity index (χ0) is 12.0. The van der Waals surface area contributed by atoms with Gasteiger partial charge in [0.15, 0.2) is 0 Å². The number of benzene rings is 1. The van der Waals surface area contributed by atoms with Crippen molar-refractivity contribution in [3.05, 3.63) is 24.3 Å². The van der Waals surface area contributed by atoms with E-state index in [2.05, 4.69) is 5.32 Å². The van der Waals surface area contributed by atoms with Crippen LogP contribution >= 0.6 is 0 Å². The van der Waals surface area contributed by atoms with E-state index in [1.807, 2.05) is 31.2 Å². The summed E-state index contributed by atoms with van der Waals surface area (Å²) in [6, 6.07) is 7.58. The Labute approximate surface area is 96.2 Å². The van der Waals surface area contributed by atoms with Crippen LogP contribution in [0.5, 0.6) is 5.75 Å². The highest BCUT2D eigenvalue weighted by molar-refractivity contribution is 5.80. The van der Waals surface area contributed by atoms with E-state index in [1.165, 1.54) is 0 Å². The molecule has 0 aliphatic carbocycles. The standard InChI is InChI=1S/C12H18N2O2/c1-4-16-11-7-5-6-10(8-11)13-9-12(15)14(2)3/h5-8,13H,4,9H2,1-3H3. The summed E-state index contributed by atoms with van der Waals surface area (Å²) >= 11 is 0. The van der Waals surface area contributed by atoms with Crippen molar-refractivity contribution < 1.29 is 9.53 Å². The van der Waals surface area contributed by atoms with Crippen molar-refractivity contribution in [2.24, 2.45) is 0 Å². The summed E-state index contributed by atoms with van der Waals surface area (Å²) in [6.07, 6.45) is 0. The zero-order valence-corrected chi connectivity index (χ0v) is 9.99. The summed E-state index contributed by atoms with van der Waals surface area (Å²) in [5.41, 5.74) is 0.890. The average molecular weight is 222 g/mol. The molecule has 0 atom stereocenters. The molecule has 1 aromatic rings. The van der Waals surface area contributed by atoms with Gasteiger partial charge in [-0.2, -0.15) is 0 Å². The first-order valence-electron chi connectivity index (χ1n) is 5.30. The number of amides is 1. The largest absolute Gasteiger partial charge is 0.494 e. The van der Waals surface area contributed by atoms with Crippen LogP contribution in [0.15, 0.2) is 24.3 Å². The van der Waals surface area contributed by atoms with Gasteiger partial charge in [-0.25, -0.2) is 0 Å². The monoisotopic (exact) mass is 222 g/mol. The Bertz CT molecular complexity index is 351. The van der Waals surface area contributed by atoms with Crippen molar-refractivity contribution in [1.29, 1.82) is 0 Å². The van der Waals surface area contributed by atoms with Crippen LogP contribution in [0.4, 0.5) is 5.69 Å². The molecule has 0 heterocycles. The first-order chi connectivity index (χ1) is 7.63. The molecule has 4 heteroatoms. The molecular weight excluding hydrogens is 204 g/mol. The van der Waals surface area contributed by atoms with Crippen LogP contribution in [-0.2, 0) is 4.79 Å². The molecule has 0 aromatic heterocycles. The number of hydrogen-bond donors (Lipinski definition) is 1. The maximum absolute atomic E-state index is 11.4. The fourth-order valence-electron chi connectivity index (χ4n) is 1.20. The molecule has 1 N–H and O–H groups in total. The second kappa shape index (κ2) is 6.00. The number of nitrogens with one attached hydrogen (secondary N) is 1. The summed E-state index contributed by atoms with van der Waals surface area (Å²) < 4.78 is 5.37. The quantitative estimate of drug-likeness (QED) is 0.822. The zero-order valence-electron chi connectivity index (χ0n) is 9.99. The van der Waals surface area contributed by atoms with Gasteiger partial charge in [-0.15, -0.1) is 0 Å². The minimum atomic E-state index is 0.0433. The maximum atomic E-state index is 11.4. The number of likely N-dealkylation sites (N-methyl/N-ethyl adjacent to an activating group) is 1. The van der Waals surface area contributed by atoms with E-state index < -0.39 is 0 Å². The van der Waals surface area contributed by atoms with Crippen molar-refractivity contribution in [1.82, 2.24) is 4.90 Å². The topological polar surface area (TPSA) is 41.6 Å². The van der Waals surface area contributed by atoms with E-state index >= 15 is 0 Å². The molecule has 1 rings (SSSR count). The van der Waals surface area contributed by atoms with E-state index in [0.717, 1.165) is 11.4 Å². The summed E-state index contributed by atoms with van der Waals surface area (Å²) in [5.74, 6) is 0.853. The number of hydrogen-bond acceptors (Lipinski definition) is 3. The lowest BCUT2D eigenvalue weighted by Crippen LogP contribution is -2.28. The third-order valence-electron chi connectivity index (χ3n) is 2.09. The highest BCUT2D eigenvalue weighted by atomic mass is 16.5. The van der Waals surface area contributed by atoms with Gasteiger partial charge in [-0.05, 0) is 19.1 Å². The first kappa shape index (κ1) is 12.4. The van der Waals surface area contributed by atoms with Crippen LogP contribution in [-0.4, -0.2) is 38.1 Å². The van der Waals surface area contributed by atoms with Gasteiger partial charge in [0.1, 0.15) is 5.75 Å². The molecule has 0 aliphatic heterocycles. The molecule has 0 bridgehead atoms. The van der Waals surface area contributed by atoms with Crippen molar-refractivity contribution in [3.63, 3.8) is 0 Å². The lowest BCUT2D eigenvalue weighted by molar-refractivity contribution is -0.126. The maximum Gasteiger partial charge on any atom is 0.241 e. The van der Waals surface area contributed by atoms with Crippen LogP contribution in [0.3, 0.4) is 0 Å². The predicted octanol–water partition coefficient (Wildman–Crippen LogP) is 1.59. The Morgan fingerprint density at radius 1 is 1.44 bits per heavy atom. The Morgan fingerprint density at radius 2 is 2.19 bits per heavy atom. The number of carbonyl (C=O) groups excluding carboxylic acids is 1. The molecule has 1 amide bonds. The van der Waals surface area contributed by atoms with E-state index in [4.69, 9.17) is 4.74 Å². The van der Waals surface area contributed by atoms with Gasteiger partial charge in [0.05, 0.1) is 13.2 Å². The highest BCUT2D eigenvalue weighted by Gasteiger charge is 2.03. The molecule has 0 fully saturated rings. The fraction of sp³-hybridized carbons (Fsp3) is 0.417. The molecule has 0 spiro atoms. The molecular formula is C12H18N2O2. The Balaban J connectivity index is 2.53.